The van der Waals surface area contributed by atoms with E-state index in [0.717, 1.165) is 32.6 Å². The summed E-state index contributed by atoms with van der Waals surface area (Å²) >= 11 is 0. The summed E-state index contributed by atoms with van der Waals surface area (Å²) in [5.41, 5.74) is 0. The highest BCUT2D eigenvalue weighted by molar-refractivity contribution is 4.76. The Morgan fingerprint density at radius 3 is 3.00 bits per heavy atom. The van der Waals surface area contributed by atoms with Gasteiger partial charge in [-0.3, -0.25) is 0 Å². The second-order valence-electron chi connectivity index (χ2n) is 4.25. The van der Waals surface area contributed by atoms with E-state index < -0.39 is 0 Å². The maximum Gasteiger partial charge on any atom is 0.0478 e. The third-order valence-electron chi connectivity index (χ3n) is 3.15. The van der Waals surface area contributed by atoms with Crippen LogP contribution in [0.15, 0.2) is 0 Å². The van der Waals surface area contributed by atoms with Gasteiger partial charge < -0.3 is 14.7 Å². The van der Waals surface area contributed by atoms with Crippen molar-refractivity contribution >= 4 is 0 Å². The highest BCUT2D eigenvalue weighted by atomic mass is 16.5. The zero-order valence-electron chi connectivity index (χ0n) is 9.95. The average Bonchev–Trinajstić information content (AvgIpc) is 2.27. The summed E-state index contributed by atoms with van der Waals surface area (Å²) in [6, 6.07) is 0.616. The van der Waals surface area contributed by atoms with Gasteiger partial charge in [0.15, 0.2) is 0 Å². The molecule has 0 spiro atoms. The molecule has 1 aliphatic heterocycles. The Balaban J connectivity index is 2.17. The van der Waals surface area contributed by atoms with Crippen molar-refractivity contribution in [3.05, 3.63) is 0 Å². The van der Waals surface area contributed by atoms with Crippen molar-refractivity contribution < 1.29 is 9.84 Å². The first-order valence-corrected chi connectivity index (χ1v) is 6.31. The molecule has 0 aromatic rings. The quantitative estimate of drug-likeness (QED) is 0.655. The van der Waals surface area contributed by atoms with Gasteiger partial charge in [-0.05, 0) is 39.2 Å². The Labute approximate surface area is 93.4 Å². The van der Waals surface area contributed by atoms with E-state index in [1.807, 2.05) is 6.92 Å². The molecule has 1 fully saturated rings. The molecule has 1 heterocycles. The van der Waals surface area contributed by atoms with Crippen LogP contribution in [0.25, 0.3) is 0 Å². The molecule has 3 heteroatoms. The molecular formula is C12H25NO2. The number of piperidine rings is 1. The molecule has 0 aromatic heterocycles. The Hall–Kier alpha value is -0.120. The molecule has 0 saturated carbocycles. The predicted molar refractivity (Wildman–Crippen MR) is 62.0 cm³/mol. The summed E-state index contributed by atoms with van der Waals surface area (Å²) in [6.07, 6.45) is 5.96. The van der Waals surface area contributed by atoms with E-state index in [9.17, 15) is 0 Å². The van der Waals surface area contributed by atoms with Crippen LogP contribution in [0, 0.1) is 0 Å². The normalized spacial score (nSPS) is 23.2. The van der Waals surface area contributed by atoms with E-state index in [1.165, 1.54) is 25.8 Å². The van der Waals surface area contributed by atoms with Gasteiger partial charge >= 0.3 is 0 Å². The van der Waals surface area contributed by atoms with Crippen molar-refractivity contribution in [3.63, 3.8) is 0 Å². The third-order valence-corrected chi connectivity index (χ3v) is 3.15. The Morgan fingerprint density at radius 1 is 1.40 bits per heavy atom. The highest BCUT2D eigenvalue weighted by Gasteiger charge is 2.20. The molecule has 1 unspecified atom stereocenters. The maximum atomic E-state index is 8.99. The zero-order valence-corrected chi connectivity index (χ0v) is 9.95. The number of hydrogen-bond acceptors (Lipinski definition) is 3. The van der Waals surface area contributed by atoms with Crippen molar-refractivity contribution in [1.82, 2.24) is 4.90 Å². The molecular weight excluding hydrogens is 190 g/mol. The van der Waals surface area contributed by atoms with Crippen LogP contribution >= 0.6 is 0 Å². The van der Waals surface area contributed by atoms with Gasteiger partial charge in [-0.1, -0.05) is 6.42 Å². The number of rotatable bonds is 7. The molecule has 0 amide bonds. The minimum atomic E-state index is 0.326. The topological polar surface area (TPSA) is 32.7 Å². The first-order chi connectivity index (χ1) is 7.38. The Kier molecular flexibility index (Phi) is 6.98. The molecule has 1 rings (SSSR count). The van der Waals surface area contributed by atoms with Gasteiger partial charge in [0.05, 0.1) is 0 Å². The standard InChI is InChI=1S/C12H25NO2/c1-2-15-11-5-9-13-8-4-3-6-12(13)7-10-14/h12,14H,2-11H2,1H3. The maximum absolute atomic E-state index is 8.99. The first kappa shape index (κ1) is 12.9. The van der Waals surface area contributed by atoms with Crippen LogP contribution in [0.5, 0.6) is 0 Å². The van der Waals surface area contributed by atoms with Gasteiger partial charge in [-0.2, -0.15) is 0 Å². The number of aliphatic hydroxyl groups excluding tert-OH is 1. The van der Waals surface area contributed by atoms with Crippen LogP contribution in [0.2, 0.25) is 0 Å². The van der Waals surface area contributed by atoms with Crippen LogP contribution in [0.3, 0.4) is 0 Å². The summed E-state index contributed by atoms with van der Waals surface area (Å²) in [7, 11) is 0. The highest BCUT2D eigenvalue weighted by Crippen LogP contribution is 2.19. The van der Waals surface area contributed by atoms with Crippen LogP contribution in [-0.2, 0) is 4.74 Å². The first-order valence-electron chi connectivity index (χ1n) is 6.31. The SMILES string of the molecule is CCOCCCN1CCCCC1CCO. The van der Waals surface area contributed by atoms with E-state index in [1.54, 1.807) is 0 Å². The summed E-state index contributed by atoms with van der Waals surface area (Å²) in [5.74, 6) is 0. The largest absolute Gasteiger partial charge is 0.396 e. The lowest BCUT2D eigenvalue weighted by Crippen LogP contribution is -2.40. The molecule has 90 valence electrons. The fourth-order valence-corrected chi connectivity index (χ4v) is 2.34. The van der Waals surface area contributed by atoms with Crippen LogP contribution in [0.1, 0.15) is 39.0 Å². The summed E-state index contributed by atoms with van der Waals surface area (Å²) < 4.78 is 5.34. The lowest BCUT2D eigenvalue weighted by Gasteiger charge is -2.35. The Morgan fingerprint density at radius 2 is 2.27 bits per heavy atom. The molecule has 1 N–H and O–H groups in total. The summed E-state index contributed by atoms with van der Waals surface area (Å²) in [5, 5.41) is 8.99. The summed E-state index contributed by atoms with van der Waals surface area (Å²) in [6.45, 7) is 6.39. The second-order valence-corrected chi connectivity index (χ2v) is 4.25. The van der Waals surface area contributed by atoms with Gasteiger partial charge in [-0.25, -0.2) is 0 Å². The smallest absolute Gasteiger partial charge is 0.0478 e. The molecule has 0 radical (unpaired) electrons. The molecule has 0 aromatic carbocycles. The van der Waals surface area contributed by atoms with Gasteiger partial charge in [0.1, 0.15) is 0 Å². The van der Waals surface area contributed by atoms with Crippen LogP contribution < -0.4 is 0 Å². The van der Waals surface area contributed by atoms with E-state index in [4.69, 9.17) is 9.84 Å². The number of hydrogen-bond donors (Lipinski definition) is 1. The lowest BCUT2D eigenvalue weighted by molar-refractivity contribution is 0.0928. The van der Waals surface area contributed by atoms with Crippen molar-refractivity contribution in [2.45, 2.75) is 45.1 Å². The minimum Gasteiger partial charge on any atom is -0.396 e. The van der Waals surface area contributed by atoms with Crippen molar-refractivity contribution in [2.75, 3.05) is 32.9 Å². The van der Waals surface area contributed by atoms with Gasteiger partial charge in [0.2, 0.25) is 0 Å². The fraction of sp³-hybridized carbons (Fsp3) is 1.00. The molecule has 1 atom stereocenters. The van der Waals surface area contributed by atoms with Gasteiger partial charge in [-0.15, -0.1) is 0 Å². The molecule has 0 aliphatic carbocycles. The third kappa shape index (κ3) is 4.96. The number of ether oxygens (including phenoxy) is 1. The zero-order chi connectivity index (χ0) is 10.9. The summed E-state index contributed by atoms with van der Waals surface area (Å²) in [4.78, 5) is 2.53. The second kappa shape index (κ2) is 8.08. The minimum absolute atomic E-state index is 0.326. The Bertz CT molecular complexity index is 151. The average molecular weight is 215 g/mol. The lowest BCUT2D eigenvalue weighted by atomic mass is 9.99. The van der Waals surface area contributed by atoms with Crippen LogP contribution in [-0.4, -0.2) is 49.0 Å². The van der Waals surface area contributed by atoms with Gasteiger partial charge in [0.25, 0.3) is 0 Å². The monoisotopic (exact) mass is 215 g/mol. The van der Waals surface area contributed by atoms with Crippen molar-refractivity contribution in [3.8, 4) is 0 Å². The molecule has 3 nitrogen and oxygen atoms in total. The van der Waals surface area contributed by atoms with E-state index >= 15 is 0 Å². The number of likely N-dealkylation sites (tertiary alicyclic amines) is 1. The van der Waals surface area contributed by atoms with Crippen molar-refractivity contribution in [1.29, 1.82) is 0 Å². The van der Waals surface area contributed by atoms with Crippen LogP contribution in [0.4, 0.5) is 0 Å². The molecule has 1 saturated heterocycles. The van der Waals surface area contributed by atoms with Crippen molar-refractivity contribution in [2.24, 2.45) is 0 Å². The molecule has 0 bridgehead atoms. The number of aliphatic hydroxyl groups is 1. The fourth-order valence-electron chi connectivity index (χ4n) is 2.34. The molecule has 15 heavy (non-hydrogen) atoms. The molecule has 1 aliphatic rings. The van der Waals surface area contributed by atoms with E-state index in [2.05, 4.69) is 4.90 Å². The van der Waals surface area contributed by atoms with E-state index in [0.29, 0.717) is 12.6 Å². The number of nitrogens with zero attached hydrogens (tertiary/aromatic N) is 1. The van der Waals surface area contributed by atoms with E-state index in [-0.39, 0.29) is 0 Å². The van der Waals surface area contributed by atoms with Gasteiger partial charge in [0, 0.05) is 32.4 Å². The predicted octanol–water partition coefficient (Wildman–Crippen LogP) is 1.65.